The van der Waals surface area contributed by atoms with E-state index in [1.54, 1.807) is 23.6 Å². The number of amides is 3. The molecule has 3 amide bonds. The van der Waals surface area contributed by atoms with Crippen molar-refractivity contribution in [1.29, 1.82) is 0 Å². The summed E-state index contributed by atoms with van der Waals surface area (Å²) < 4.78 is 0. The molecule has 3 aromatic rings. The smallest absolute Gasteiger partial charge is 0.319 e. The predicted molar refractivity (Wildman–Crippen MR) is 112 cm³/mol. The fraction of sp³-hybridized carbons (Fsp3) is 0.150. The summed E-state index contributed by atoms with van der Waals surface area (Å²) in [7, 11) is 0. The normalized spacial score (nSPS) is 18.5. The van der Waals surface area contributed by atoms with Crippen molar-refractivity contribution in [2.24, 2.45) is 0 Å². The number of thiazole rings is 1. The second-order valence-corrected chi connectivity index (χ2v) is 8.20. The van der Waals surface area contributed by atoms with Gasteiger partial charge in [-0.1, -0.05) is 35.9 Å². The van der Waals surface area contributed by atoms with Gasteiger partial charge in [0.25, 0.3) is 11.6 Å². The summed E-state index contributed by atoms with van der Waals surface area (Å²) in [4.78, 5) is 41.7. The van der Waals surface area contributed by atoms with Gasteiger partial charge >= 0.3 is 6.03 Å². The number of aromatic nitrogens is 1. The van der Waals surface area contributed by atoms with Crippen LogP contribution in [0.25, 0.3) is 10.6 Å². The molecule has 0 bridgehead atoms. The molecule has 1 fully saturated rings. The summed E-state index contributed by atoms with van der Waals surface area (Å²) in [5.41, 5.74) is 0.253. The number of benzene rings is 2. The maximum atomic E-state index is 13.1. The fourth-order valence-corrected chi connectivity index (χ4v) is 4.18. The summed E-state index contributed by atoms with van der Waals surface area (Å²) in [5, 5.41) is 16.9. The van der Waals surface area contributed by atoms with Gasteiger partial charge in [-0.3, -0.25) is 19.8 Å². The van der Waals surface area contributed by atoms with Crippen LogP contribution >= 0.6 is 22.9 Å². The lowest BCUT2D eigenvalue weighted by atomic mass is 9.91. The van der Waals surface area contributed by atoms with Crippen LogP contribution in [0.2, 0.25) is 5.02 Å². The van der Waals surface area contributed by atoms with Crippen molar-refractivity contribution in [3.8, 4) is 10.6 Å². The Morgan fingerprint density at radius 1 is 1.23 bits per heavy atom. The largest absolute Gasteiger partial charge is 0.325 e. The van der Waals surface area contributed by atoms with Crippen LogP contribution in [-0.4, -0.2) is 26.7 Å². The first-order valence-corrected chi connectivity index (χ1v) is 10.1. The van der Waals surface area contributed by atoms with Crippen molar-refractivity contribution in [1.82, 2.24) is 15.2 Å². The minimum Gasteiger partial charge on any atom is -0.319 e. The molecule has 1 N–H and O–H groups in total. The van der Waals surface area contributed by atoms with E-state index in [1.165, 1.54) is 36.5 Å². The number of imide groups is 1. The van der Waals surface area contributed by atoms with Crippen LogP contribution < -0.4 is 5.32 Å². The highest BCUT2D eigenvalue weighted by molar-refractivity contribution is 7.13. The Bertz CT molecular complexity index is 1160. The number of carbonyl (C=O) groups excluding carboxylic acids is 2. The first-order valence-electron chi connectivity index (χ1n) is 8.87. The monoisotopic (exact) mass is 442 g/mol. The molecule has 2 aromatic carbocycles. The Labute approximate surface area is 180 Å². The molecule has 0 radical (unpaired) electrons. The fourth-order valence-electron chi connectivity index (χ4n) is 3.23. The average molecular weight is 443 g/mol. The topological polar surface area (TPSA) is 105 Å². The zero-order valence-corrected chi connectivity index (χ0v) is 17.2. The Morgan fingerprint density at radius 2 is 1.97 bits per heavy atom. The van der Waals surface area contributed by atoms with Gasteiger partial charge in [-0.05, 0) is 24.6 Å². The Balaban J connectivity index is 1.57. The number of carbonyl (C=O) groups is 2. The molecule has 30 heavy (non-hydrogen) atoms. The third-order valence-electron chi connectivity index (χ3n) is 4.87. The van der Waals surface area contributed by atoms with Gasteiger partial charge in [0.1, 0.15) is 10.5 Å². The summed E-state index contributed by atoms with van der Waals surface area (Å²) in [6.07, 6.45) is 0. The van der Waals surface area contributed by atoms with E-state index >= 15 is 0 Å². The molecule has 152 valence electrons. The van der Waals surface area contributed by atoms with Crippen molar-refractivity contribution in [3.05, 3.63) is 80.3 Å². The van der Waals surface area contributed by atoms with E-state index in [4.69, 9.17) is 11.6 Å². The van der Waals surface area contributed by atoms with E-state index in [1.807, 2.05) is 12.1 Å². The van der Waals surface area contributed by atoms with Crippen LogP contribution in [0.1, 0.15) is 18.2 Å². The third-order valence-corrected chi connectivity index (χ3v) is 6.06. The van der Waals surface area contributed by atoms with Crippen LogP contribution in [0.15, 0.2) is 53.9 Å². The van der Waals surface area contributed by atoms with Gasteiger partial charge in [0.2, 0.25) is 0 Å². The van der Waals surface area contributed by atoms with Crippen LogP contribution in [-0.2, 0) is 16.9 Å². The first-order chi connectivity index (χ1) is 14.3. The molecule has 1 aromatic heterocycles. The molecule has 1 saturated heterocycles. The molecule has 0 spiro atoms. The molecule has 10 heteroatoms. The lowest BCUT2D eigenvalue weighted by Crippen LogP contribution is -2.40. The molecule has 4 rings (SSSR count). The molecular formula is C20H15ClN4O4S. The number of nitro benzene ring substituents is 1. The lowest BCUT2D eigenvalue weighted by molar-refractivity contribution is -0.385. The van der Waals surface area contributed by atoms with E-state index in [0.717, 1.165) is 15.5 Å². The number of hydrogen-bond acceptors (Lipinski definition) is 6. The number of nitro groups is 1. The molecular weight excluding hydrogens is 428 g/mol. The number of rotatable bonds is 5. The average Bonchev–Trinajstić information content (AvgIpc) is 3.28. The second kappa shape index (κ2) is 7.51. The number of non-ortho nitro benzene ring substituents is 1. The molecule has 1 atom stereocenters. The molecule has 0 saturated carbocycles. The number of hydrogen-bond donors (Lipinski definition) is 1. The maximum Gasteiger partial charge on any atom is 0.325 e. The standard InChI is InChI=1S/C20H15ClN4O4S/c1-20(13-3-2-4-16(9-13)25(28)29)18(26)24(19(27)23-20)10-15-11-30-17(22-15)12-5-7-14(21)8-6-12/h2-9,11H,10H2,1H3,(H,23,27). The van der Waals surface area contributed by atoms with Crippen LogP contribution in [0.4, 0.5) is 10.5 Å². The van der Waals surface area contributed by atoms with Gasteiger partial charge in [-0.25, -0.2) is 9.78 Å². The maximum absolute atomic E-state index is 13.1. The van der Waals surface area contributed by atoms with Crippen molar-refractivity contribution in [2.45, 2.75) is 19.0 Å². The Morgan fingerprint density at radius 3 is 2.67 bits per heavy atom. The summed E-state index contributed by atoms with van der Waals surface area (Å²) in [6.45, 7) is 1.53. The van der Waals surface area contributed by atoms with E-state index in [0.29, 0.717) is 16.3 Å². The number of nitrogens with one attached hydrogen (secondary N) is 1. The van der Waals surface area contributed by atoms with E-state index < -0.39 is 22.4 Å². The number of nitrogens with zero attached hydrogens (tertiary/aromatic N) is 3. The highest BCUT2D eigenvalue weighted by Gasteiger charge is 2.49. The third kappa shape index (κ3) is 3.53. The SMILES string of the molecule is CC1(c2cccc([N+](=O)[O-])c2)NC(=O)N(Cc2csc(-c3ccc(Cl)cc3)n2)C1=O. The second-order valence-electron chi connectivity index (χ2n) is 6.90. The van der Waals surface area contributed by atoms with Crippen molar-refractivity contribution in [2.75, 3.05) is 0 Å². The Kier molecular flexibility index (Phi) is 5.00. The van der Waals surface area contributed by atoms with Crippen molar-refractivity contribution in [3.63, 3.8) is 0 Å². The van der Waals surface area contributed by atoms with Gasteiger partial charge < -0.3 is 5.32 Å². The van der Waals surface area contributed by atoms with Gasteiger partial charge in [0, 0.05) is 28.1 Å². The summed E-state index contributed by atoms with van der Waals surface area (Å²) >= 11 is 7.31. The molecule has 1 aliphatic rings. The minimum absolute atomic E-state index is 0.000721. The zero-order chi connectivity index (χ0) is 21.5. The van der Waals surface area contributed by atoms with E-state index in [-0.39, 0.29) is 12.2 Å². The predicted octanol–water partition coefficient (Wildman–Crippen LogP) is 4.34. The quantitative estimate of drug-likeness (QED) is 0.359. The van der Waals surface area contributed by atoms with E-state index in [9.17, 15) is 19.7 Å². The molecule has 8 nitrogen and oxygen atoms in total. The minimum atomic E-state index is -1.39. The van der Waals surface area contributed by atoms with Gasteiger partial charge in [0.15, 0.2) is 0 Å². The zero-order valence-electron chi connectivity index (χ0n) is 15.7. The molecule has 1 unspecified atom stereocenters. The molecule has 1 aliphatic heterocycles. The highest BCUT2D eigenvalue weighted by atomic mass is 35.5. The summed E-state index contributed by atoms with van der Waals surface area (Å²) in [5.74, 6) is -0.492. The number of halogens is 1. The van der Waals surface area contributed by atoms with Gasteiger partial charge in [0.05, 0.1) is 17.2 Å². The van der Waals surface area contributed by atoms with Gasteiger partial charge in [-0.2, -0.15) is 0 Å². The number of urea groups is 1. The van der Waals surface area contributed by atoms with Crippen LogP contribution in [0.5, 0.6) is 0 Å². The van der Waals surface area contributed by atoms with Crippen LogP contribution in [0, 0.1) is 10.1 Å². The first kappa shape index (κ1) is 20.0. The highest BCUT2D eigenvalue weighted by Crippen LogP contribution is 2.32. The summed E-state index contributed by atoms with van der Waals surface area (Å²) in [6, 6.07) is 12.3. The van der Waals surface area contributed by atoms with E-state index in [2.05, 4.69) is 10.3 Å². The van der Waals surface area contributed by atoms with Crippen LogP contribution in [0.3, 0.4) is 0 Å². The lowest BCUT2D eigenvalue weighted by Gasteiger charge is -2.21. The Hall–Kier alpha value is -3.30. The van der Waals surface area contributed by atoms with Crippen molar-refractivity contribution >= 4 is 40.6 Å². The molecule has 0 aliphatic carbocycles. The van der Waals surface area contributed by atoms with Crippen molar-refractivity contribution < 1.29 is 14.5 Å². The molecule has 2 heterocycles. The van der Waals surface area contributed by atoms with Gasteiger partial charge in [-0.15, -0.1) is 11.3 Å².